The molecule has 3 aliphatic rings. The molecule has 34 heavy (non-hydrogen) atoms. The number of benzene rings is 1. The number of piperidine rings is 2. The van der Waals surface area contributed by atoms with E-state index in [1.165, 1.54) is 12.1 Å². The minimum atomic E-state index is -0.341. The predicted octanol–water partition coefficient (Wildman–Crippen LogP) is 5.44. The first-order valence-electron chi connectivity index (χ1n) is 11.9. The summed E-state index contributed by atoms with van der Waals surface area (Å²) in [6, 6.07) is 2.72. The third-order valence-electron chi connectivity index (χ3n) is 5.91. The quantitative estimate of drug-likeness (QED) is 0.558. The first kappa shape index (κ1) is 27.1. The van der Waals surface area contributed by atoms with Crippen LogP contribution in [-0.4, -0.2) is 71.7 Å². The number of thioether (sulfide) groups is 2. The van der Waals surface area contributed by atoms with Gasteiger partial charge in [0.05, 0.1) is 22.5 Å². The highest BCUT2D eigenvalue weighted by molar-refractivity contribution is 8.16. The minimum absolute atomic E-state index is 0.0110. The maximum Gasteiger partial charge on any atom is 0.410 e. The first-order chi connectivity index (χ1) is 16.2. The summed E-state index contributed by atoms with van der Waals surface area (Å²) in [4.78, 5) is 14.8. The largest absolute Gasteiger partial charge is 0.447 e. The molecule has 1 amide bonds. The Balaban J connectivity index is 0.000000215. The average Bonchev–Trinajstić information content (AvgIpc) is 2.82. The molecule has 4 rings (SSSR count). The van der Waals surface area contributed by atoms with Gasteiger partial charge >= 0.3 is 6.09 Å². The fourth-order valence-electron chi connectivity index (χ4n) is 3.98. The number of nitrogens with one attached hydrogen (secondary N) is 1. The lowest BCUT2D eigenvalue weighted by Crippen LogP contribution is -2.41. The van der Waals surface area contributed by atoms with Gasteiger partial charge in [-0.2, -0.15) is 0 Å². The zero-order valence-corrected chi connectivity index (χ0v) is 21.5. The number of halogens is 2. The minimum Gasteiger partial charge on any atom is -0.447 e. The highest BCUT2D eigenvalue weighted by Crippen LogP contribution is 2.45. The Kier molecular flexibility index (Phi) is 10.3. The van der Waals surface area contributed by atoms with Crippen LogP contribution in [-0.2, 0) is 4.74 Å². The van der Waals surface area contributed by atoms with Gasteiger partial charge in [0.25, 0.3) is 0 Å². The van der Waals surface area contributed by atoms with Crippen LogP contribution < -0.4 is 4.90 Å². The van der Waals surface area contributed by atoms with Crippen molar-refractivity contribution < 1.29 is 23.4 Å². The van der Waals surface area contributed by atoms with Crippen LogP contribution in [0.25, 0.3) is 0 Å². The molecule has 0 atom stereocenters. The number of hydrogen-bond donors (Lipinski definition) is 2. The number of rotatable bonds is 3. The second-order valence-corrected chi connectivity index (χ2v) is 11.7. The molecule has 1 aromatic rings. The van der Waals surface area contributed by atoms with E-state index in [-0.39, 0.29) is 34.5 Å². The van der Waals surface area contributed by atoms with Gasteiger partial charge in [-0.3, -0.25) is 0 Å². The molecule has 0 bridgehead atoms. The van der Waals surface area contributed by atoms with Crippen LogP contribution in [0, 0.1) is 17.0 Å². The number of aliphatic hydroxyl groups is 1. The Labute approximate surface area is 209 Å². The van der Waals surface area contributed by atoms with Gasteiger partial charge < -0.3 is 25.1 Å². The van der Waals surface area contributed by atoms with Gasteiger partial charge in [-0.05, 0) is 50.7 Å². The molecule has 6 nitrogen and oxygen atoms in total. The van der Waals surface area contributed by atoms with Crippen molar-refractivity contribution in [1.82, 2.24) is 4.90 Å². The SMILES string of the molecule is CC(C)OC(=O)N1CCC(O)CC1.N=C1CCN(c2cc(F)c(C3SCCCS3)cc2F)CC1. The molecule has 3 heterocycles. The van der Waals surface area contributed by atoms with Gasteiger partial charge in [0.1, 0.15) is 11.6 Å². The van der Waals surface area contributed by atoms with Crippen LogP contribution in [0.2, 0.25) is 0 Å². The molecule has 0 aliphatic carbocycles. The van der Waals surface area contributed by atoms with Gasteiger partial charge in [0.2, 0.25) is 0 Å². The highest BCUT2D eigenvalue weighted by Gasteiger charge is 2.25. The summed E-state index contributed by atoms with van der Waals surface area (Å²) in [6.45, 7) is 6.07. The first-order valence-corrected chi connectivity index (χ1v) is 14.0. The molecule has 0 saturated carbocycles. The standard InChI is InChI=1S/C15H18F2N2S2.C9H17NO3/c16-12-9-14(19-4-2-10(18)3-5-19)13(17)8-11(12)15-20-6-1-7-21-15;1-7(2)13-9(12)10-5-3-8(11)4-6-10/h8-9,15,18H,1-7H2;7-8,11H,3-6H2,1-2H3. The molecular formula is C24H35F2N3O3S2. The number of likely N-dealkylation sites (tertiary alicyclic amines) is 1. The number of carbonyl (C=O) groups excluding carboxylic acids is 1. The molecule has 1 aromatic carbocycles. The number of carbonyl (C=O) groups is 1. The van der Waals surface area contributed by atoms with Gasteiger partial charge in [0.15, 0.2) is 0 Å². The zero-order valence-electron chi connectivity index (χ0n) is 19.9. The fourth-order valence-corrected chi connectivity index (χ4v) is 6.90. The maximum absolute atomic E-state index is 14.4. The number of ether oxygens (including phenoxy) is 1. The summed E-state index contributed by atoms with van der Waals surface area (Å²) in [5.74, 6) is 1.37. The van der Waals surface area contributed by atoms with Crippen LogP contribution >= 0.6 is 23.5 Å². The maximum atomic E-state index is 14.4. The van der Waals surface area contributed by atoms with Crippen molar-refractivity contribution in [3.63, 3.8) is 0 Å². The highest BCUT2D eigenvalue weighted by atomic mass is 32.2. The van der Waals surface area contributed by atoms with Crippen LogP contribution in [0.15, 0.2) is 12.1 Å². The zero-order chi connectivity index (χ0) is 24.7. The van der Waals surface area contributed by atoms with E-state index in [9.17, 15) is 18.7 Å². The molecule has 3 fully saturated rings. The second-order valence-electron chi connectivity index (χ2n) is 8.99. The van der Waals surface area contributed by atoms with Crippen molar-refractivity contribution in [3.8, 4) is 0 Å². The Morgan fingerprint density at radius 3 is 2.29 bits per heavy atom. The number of anilines is 1. The van der Waals surface area contributed by atoms with Crippen molar-refractivity contribution in [3.05, 3.63) is 29.3 Å². The van der Waals surface area contributed by atoms with Gasteiger partial charge in [-0.25, -0.2) is 13.6 Å². The van der Waals surface area contributed by atoms with E-state index < -0.39 is 0 Å². The topological polar surface area (TPSA) is 76.9 Å². The van der Waals surface area contributed by atoms with E-state index in [0.29, 0.717) is 68.8 Å². The number of aliphatic hydroxyl groups excluding tert-OH is 1. The monoisotopic (exact) mass is 515 g/mol. The Morgan fingerprint density at radius 1 is 1.09 bits per heavy atom. The molecule has 0 radical (unpaired) electrons. The Bertz CT molecular complexity index is 835. The molecule has 0 aromatic heterocycles. The Morgan fingerprint density at radius 2 is 1.71 bits per heavy atom. The van der Waals surface area contributed by atoms with Crippen LogP contribution in [0.5, 0.6) is 0 Å². The van der Waals surface area contributed by atoms with Gasteiger partial charge in [0, 0.05) is 56.4 Å². The van der Waals surface area contributed by atoms with E-state index >= 15 is 0 Å². The molecule has 10 heteroatoms. The third kappa shape index (κ3) is 7.75. The van der Waals surface area contributed by atoms with E-state index in [4.69, 9.17) is 10.1 Å². The van der Waals surface area contributed by atoms with Gasteiger partial charge in [-0.15, -0.1) is 23.5 Å². The molecule has 0 unspecified atom stereocenters. The third-order valence-corrected chi connectivity index (χ3v) is 8.89. The van der Waals surface area contributed by atoms with Crippen LogP contribution in [0.3, 0.4) is 0 Å². The number of hydrogen-bond acceptors (Lipinski definition) is 7. The lowest BCUT2D eigenvalue weighted by Gasteiger charge is -2.30. The van der Waals surface area contributed by atoms with Crippen molar-refractivity contribution in [2.45, 2.75) is 62.7 Å². The smallest absolute Gasteiger partial charge is 0.410 e. The summed E-state index contributed by atoms with van der Waals surface area (Å²) >= 11 is 3.39. The molecule has 2 N–H and O–H groups in total. The summed E-state index contributed by atoms with van der Waals surface area (Å²) in [7, 11) is 0. The molecular weight excluding hydrogens is 480 g/mol. The van der Waals surface area contributed by atoms with Crippen molar-refractivity contribution in [2.24, 2.45) is 0 Å². The van der Waals surface area contributed by atoms with Crippen LogP contribution in [0.4, 0.5) is 19.3 Å². The van der Waals surface area contributed by atoms with Crippen molar-refractivity contribution in [1.29, 1.82) is 5.41 Å². The molecule has 3 saturated heterocycles. The second kappa shape index (κ2) is 13.0. The lowest BCUT2D eigenvalue weighted by atomic mass is 10.1. The van der Waals surface area contributed by atoms with Crippen molar-refractivity contribution >= 4 is 41.0 Å². The van der Waals surface area contributed by atoms with E-state index in [1.54, 1.807) is 28.4 Å². The van der Waals surface area contributed by atoms with Crippen LogP contribution in [0.1, 0.15) is 56.1 Å². The van der Waals surface area contributed by atoms with E-state index in [2.05, 4.69) is 0 Å². The summed E-state index contributed by atoms with van der Waals surface area (Å²) in [5, 5.41) is 16.8. The summed E-state index contributed by atoms with van der Waals surface area (Å²) in [6.07, 6.45) is 3.15. The summed E-state index contributed by atoms with van der Waals surface area (Å²) in [5.41, 5.74) is 1.52. The Hall–Kier alpha value is -1.52. The molecule has 0 spiro atoms. The van der Waals surface area contributed by atoms with Gasteiger partial charge in [-0.1, -0.05) is 0 Å². The predicted molar refractivity (Wildman–Crippen MR) is 136 cm³/mol. The number of nitrogens with zero attached hydrogens (tertiary/aromatic N) is 2. The molecule has 3 aliphatic heterocycles. The normalized spacial score (nSPS) is 20.2. The van der Waals surface area contributed by atoms with Crippen molar-refractivity contribution in [2.75, 3.05) is 42.6 Å². The lowest BCUT2D eigenvalue weighted by molar-refractivity contribution is 0.0457. The number of amides is 1. The average molecular weight is 516 g/mol. The fraction of sp³-hybridized carbons (Fsp3) is 0.667. The van der Waals surface area contributed by atoms with E-state index in [0.717, 1.165) is 17.9 Å². The molecule has 190 valence electrons. The van der Waals surface area contributed by atoms with E-state index in [1.807, 2.05) is 18.7 Å². The summed E-state index contributed by atoms with van der Waals surface area (Å²) < 4.78 is 33.8.